The zero-order valence-electron chi connectivity index (χ0n) is 10.6. The smallest absolute Gasteiger partial charge is 0.231 e. The monoisotopic (exact) mass is 321 g/mol. The molecule has 1 saturated carbocycles. The summed E-state index contributed by atoms with van der Waals surface area (Å²) < 4.78 is 6.44. The molecule has 0 saturated heterocycles. The van der Waals surface area contributed by atoms with E-state index < -0.39 is 0 Å². The first-order valence-electron chi connectivity index (χ1n) is 6.55. The molecule has 1 aromatic carbocycles. The van der Waals surface area contributed by atoms with E-state index in [9.17, 15) is 0 Å². The fraction of sp³-hybridized carbons (Fsp3) is 0.429. The van der Waals surface area contributed by atoms with Crippen molar-refractivity contribution in [2.75, 3.05) is 0 Å². The van der Waals surface area contributed by atoms with E-state index in [4.69, 9.17) is 10.3 Å². The average molecular weight is 322 g/mol. The molecule has 0 bridgehead atoms. The maximum absolute atomic E-state index is 6.06. The maximum Gasteiger partial charge on any atom is 0.231 e. The highest BCUT2D eigenvalue weighted by molar-refractivity contribution is 9.10. The Balaban J connectivity index is 1.72. The van der Waals surface area contributed by atoms with E-state index in [-0.39, 0.29) is 12.0 Å². The lowest BCUT2D eigenvalue weighted by Gasteiger charge is -2.08. The Kier molecular flexibility index (Phi) is 3.66. The summed E-state index contributed by atoms with van der Waals surface area (Å²) in [5.74, 6) is 1.68. The van der Waals surface area contributed by atoms with Crippen molar-refractivity contribution < 1.29 is 4.52 Å². The summed E-state index contributed by atoms with van der Waals surface area (Å²) in [6.45, 7) is 0. The summed E-state index contributed by atoms with van der Waals surface area (Å²) in [5, 5.41) is 4.06. The van der Waals surface area contributed by atoms with Gasteiger partial charge in [-0.2, -0.15) is 4.98 Å². The molecule has 4 nitrogen and oxygen atoms in total. The van der Waals surface area contributed by atoms with Gasteiger partial charge in [0, 0.05) is 16.9 Å². The average Bonchev–Trinajstić information content (AvgIpc) is 3.01. The van der Waals surface area contributed by atoms with E-state index in [1.165, 1.54) is 5.56 Å². The Labute approximate surface area is 120 Å². The number of nitrogens with zero attached hydrogens (tertiary/aromatic N) is 2. The normalized spacial score (nSPS) is 22.8. The van der Waals surface area contributed by atoms with Crippen molar-refractivity contribution in [1.29, 1.82) is 0 Å². The quantitative estimate of drug-likeness (QED) is 0.943. The molecular weight excluding hydrogens is 306 g/mol. The molecule has 2 N–H and O–H groups in total. The van der Waals surface area contributed by atoms with Gasteiger partial charge >= 0.3 is 0 Å². The molecule has 2 aromatic rings. The van der Waals surface area contributed by atoms with Crippen LogP contribution in [0.3, 0.4) is 0 Å². The molecule has 1 heterocycles. The predicted molar refractivity (Wildman–Crippen MR) is 75.8 cm³/mol. The minimum Gasteiger partial charge on any atom is -0.339 e. The van der Waals surface area contributed by atoms with Gasteiger partial charge in [-0.15, -0.1) is 0 Å². The fourth-order valence-corrected chi connectivity index (χ4v) is 2.83. The van der Waals surface area contributed by atoms with Crippen molar-refractivity contribution in [2.45, 2.75) is 37.6 Å². The summed E-state index contributed by atoms with van der Waals surface area (Å²) >= 11 is 3.42. The van der Waals surface area contributed by atoms with Gasteiger partial charge in [-0.1, -0.05) is 39.6 Å². The highest BCUT2D eigenvalue weighted by atomic mass is 79.9. The van der Waals surface area contributed by atoms with Crippen LogP contribution in [0.25, 0.3) is 0 Å². The van der Waals surface area contributed by atoms with Gasteiger partial charge in [0.15, 0.2) is 5.82 Å². The van der Waals surface area contributed by atoms with Crippen LogP contribution >= 0.6 is 15.9 Å². The molecule has 19 heavy (non-hydrogen) atoms. The third-order valence-corrected chi connectivity index (χ3v) is 4.17. The number of hydrogen-bond acceptors (Lipinski definition) is 4. The summed E-state index contributed by atoms with van der Waals surface area (Å²) in [7, 11) is 0. The van der Waals surface area contributed by atoms with Gasteiger partial charge in [-0.25, -0.2) is 0 Å². The second kappa shape index (κ2) is 5.43. The van der Waals surface area contributed by atoms with Crippen LogP contribution in [-0.2, 0) is 6.42 Å². The Hall–Kier alpha value is -1.20. The van der Waals surface area contributed by atoms with Crippen LogP contribution in [0.15, 0.2) is 33.3 Å². The zero-order chi connectivity index (χ0) is 13.2. The molecule has 2 unspecified atom stereocenters. The van der Waals surface area contributed by atoms with Crippen molar-refractivity contribution in [3.8, 4) is 0 Å². The third-order valence-electron chi connectivity index (χ3n) is 3.65. The standard InChI is InChI=1S/C14H16BrN3O/c15-10-6-4-9(5-7-10)8-13-17-14(19-18-13)11-2-1-3-12(11)16/h4-7,11-12H,1-3,8,16H2. The van der Waals surface area contributed by atoms with E-state index in [0.29, 0.717) is 12.3 Å². The first-order chi connectivity index (χ1) is 9.22. The highest BCUT2D eigenvalue weighted by Crippen LogP contribution is 2.32. The molecule has 0 spiro atoms. The summed E-state index contributed by atoms with van der Waals surface area (Å²) in [6.07, 6.45) is 3.95. The lowest BCUT2D eigenvalue weighted by molar-refractivity contribution is 0.342. The Morgan fingerprint density at radius 3 is 2.74 bits per heavy atom. The molecule has 0 amide bonds. The van der Waals surface area contributed by atoms with Gasteiger partial charge < -0.3 is 10.3 Å². The Morgan fingerprint density at radius 1 is 1.26 bits per heavy atom. The highest BCUT2D eigenvalue weighted by Gasteiger charge is 2.30. The maximum atomic E-state index is 6.06. The van der Waals surface area contributed by atoms with Crippen LogP contribution in [0.2, 0.25) is 0 Å². The molecule has 3 rings (SSSR count). The summed E-state index contributed by atoms with van der Waals surface area (Å²) in [5.41, 5.74) is 7.23. The molecule has 2 atom stereocenters. The minimum atomic E-state index is 0.168. The molecule has 5 heteroatoms. The molecule has 0 aliphatic heterocycles. The number of halogens is 1. The number of hydrogen-bond donors (Lipinski definition) is 1. The molecule has 1 fully saturated rings. The van der Waals surface area contributed by atoms with Crippen LogP contribution in [0.1, 0.15) is 42.5 Å². The molecule has 1 aromatic heterocycles. The van der Waals surface area contributed by atoms with Gasteiger partial charge in [0.25, 0.3) is 0 Å². The van der Waals surface area contributed by atoms with Crippen LogP contribution < -0.4 is 5.73 Å². The van der Waals surface area contributed by atoms with Gasteiger partial charge in [0.05, 0.1) is 5.92 Å². The van der Waals surface area contributed by atoms with E-state index >= 15 is 0 Å². The summed E-state index contributed by atoms with van der Waals surface area (Å²) in [6, 6.07) is 8.32. The van der Waals surface area contributed by atoms with Gasteiger partial charge in [-0.3, -0.25) is 0 Å². The van der Waals surface area contributed by atoms with Crippen molar-refractivity contribution in [1.82, 2.24) is 10.1 Å². The second-order valence-corrected chi connectivity index (χ2v) is 5.97. The first kappa shape index (κ1) is 12.8. The number of nitrogens with two attached hydrogens (primary N) is 1. The van der Waals surface area contributed by atoms with Crippen LogP contribution in [0, 0.1) is 0 Å². The van der Waals surface area contributed by atoms with Crippen LogP contribution in [0.4, 0.5) is 0 Å². The van der Waals surface area contributed by atoms with E-state index in [1.807, 2.05) is 12.1 Å². The second-order valence-electron chi connectivity index (χ2n) is 5.05. The fourth-order valence-electron chi connectivity index (χ4n) is 2.57. The van der Waals surface area contributed by atoms with Crippen molar-refractivity contribution >= 4 is 15.9 Å². The predicted octanol–water partition coefficient (Wildman–Crippen LogP) is 3.02. The molecule has 0 radical (unpaired) electrons. The topological polar surface area (TPSA) is 64.9 Å². The zero-order valence-corrected chi connectivity index (χ0v) is 12.1. The third kappa shape index (κ3) is 2.87. The summed E-state index contributed by atoms with van der Waals surface area (Å²) in [4.78, 5) is 4.49. The van der Waals surface area contributed by atoms with Gasteiger partial charge in [0.1, 0.15) is 0 Å². The number of rotatable bonds is 3. The SMILES string of the molecule is NC1CCCC1c1nc(Cc2ccc(Br)cc2)no1. The van der Waals surface area contributed by atoms with Crippen molar-refractivity contribution in [3.05, 3.63) is 46.0 Å². The number of benzene rings is 1. The van der Waals surface area contributed by atoms with E-state index in [1.54, 1.807) is 0 Å². The molecule has 1 aliphatic rings. The van der Waals surface area contributed by atoms with Crippen LogP contribution in [0.5, 0.6) is 0 Å². The van der Waals surface area contributed by atoms with Crippen molar-refractivity contribution in [2.24, 2.45) is 5.73 Å². The molecular formula is C14H16BrN3O. The lowest BCUT2D eigenvalue weighted by atomic mass is 10.1. The van der Waals surface area contributed by atoms with E-state index in [0.717, 1.165) is 29.6 Å². The first-order valence-corrected chi connectivity index (χ1v) is 7.34. The van der Waals surface area contributed by atoms with Crippen molar-refractivity contribution in [3.63, 3.8) is 0 Å². The largest absolute Gasteiger partial charge is 0.339 e. The Bertz CT molecular complexity index is 552. The number of aromatic nitrogens is 2. The van der Waals surface area contributed by atoms with E-state index in [2.05, 4.69) is 38.2 Å². The van der Waals surface area contributed by atoms with Gasteiger partial charge in [-0.05, 0) is 30.5 Å². The van der Waals surface area contributed by atoms with Gasteiger partial charge in [0.2, 0.25) is 5.89 Å². The minimum absolute atomic E-state index is 0.168. The molecule has 100 valence electrons. The van der Waals surface area contributed by atoms with Crippen LogP contribution in [-0.4, -0.2) is 16.2 Å². The Morgan fingerprint density at radius 2 is 2.05 bits per heavy atom. The molecule has 1 aliphatic carbocycles. The lowest BCUT2D eigenvalue weighted by Crippen LogP contribution is -2.22.